The SMILES string of the molecule is CC(=O)[C@H](CC(=O)O)N(C)C(=O)C1(Oc2cccc([C@@H](NC(=O)OCc3ccccc3)C(C)C)c2)CC=NO1. The first-order valence-electron chi connectivity index (χ1n) is 12.5. The number of aliphatic carboxylic acids is 1. The molecule has 0 radical (unpaired) electrons. The average Bonchev–Trinajstić information content (AvgIpc) is 3.38. The van der Waals surface area contributed by atoms with E-state index in [4.69, 9.17) is 14.3 Å². The summed E-state index contributed by atoms with van der Waals surface area (Å²) in [6.07, 6.45) is 0.150. The third-order valence-electron chi connectivity index (χ3n) is 6.24. The third-order valence-corrected chi connectivity index (χ3v) is 6.24. The van der Waals surface area contributed by atoms with E-state index in [2.05, 4.69) is 10.5 Å². The zero-order valence-electron chi connectivity index (χ0n) is 22.3. The van der Waals surface area contributed by atoms with Gasteiger partial charge in [0.15, 0.2) is 5.78 Å². The van der Waals surface area contributed by atoms with Gasteiger partial charge in [0.25, 0.3) is 0 Å². The highest BCUT2D eigenvalue weighted by atomic mass is 16.8. The van der Waals surface area contributed by atoms with Crippen LogP contribution in [0.3, 0.4) is 0 Å². The van der Waals surface area contributed by atoms with Gasteiger partial charge in [-0.25, -0.2) is 4.79 Å². The Morgan fingerprint density at radius 2 is 1.85 bits per heavy atom. The van der Waals surface area contributed by atoms with Crippen molar-refractivity contribution in [2.24, 2.45) is 11.1 Å². The molecule has 3 rings (SSSR count). The number of alkyl carbamates (subject to hydrolysis) is 1. The monoisotopic (exact) mass is 539 g/mol. The fourth-order valence-electron chi connectivity index (χ4n) is 4.16. The first-order valence-corrected chi connectivity index (χ1v) is 12.5. The van der Waals surface area contributed by atoms with Crippen molar-refractivity contribution < 1.29 is 38.6 Å². The number of carbonyl (C=O) groups is 4. The zero-order chi connectivity index (χ0) is 28.6. The second-order valence-electron chi connectivity index (χ2n) is 9.58. The number of nitrogens with zero attached hydrogens (tertiary/aromatic N) is 2. The molecule has 1 aliphatic heterocycles. The van der Waals surface area contributed by atoms with Gasteiger partial charge >= 0.3 is 23.8 Å². The predicted octanol–water partition coefficient (Wildman–Crippen LogP) is 3.68. The summed E-state index contributed by atoms with van der Waals surface area (Å²) in [7, 11) is 1.32. The van der Waals surface area contributed by atoms with Gasteiger partial charge in [0.1, 0.15) is 18.4 Å². The van der Waals surface area contributed by atoms with Gasteiger partial charge in [-0.1, -0.05) is 61.5 Å². The Morgan fingerprint density at radius 3 is 2.44 bits per heavy atom. The second kappa shape index (κ2) is 12.9. The van der Waals surface area contributed by atoms with Crippen LogP contribution in [0.5, 0.6) is 5.75 Å². The van der Waals surface area contributed by atoms with E-state index in [0.717, 1.165) is 10.5 Å². The first kappa shape index (κ1) is 29.2. The van der Waals surface area contributed by atoms with Gasteiger partial charge < -0.3 is 29.6 Å². The van der Waals surface area contributed by atoms with E-state index < -0.39 is 48.0 Å². The Labute approximate surface area is 226 Å². The van der Waals surface area contributed by atoms with Crippen LogP contribution in [-0.2, 0) is 30.6 Å². The fraction of sp³-hybridized carbons (Fsp3) is 0.393. The lowest BCUT2D eigenvalue weighted by Crippen LogP contribution is -2.56. The number of likely N-dealkylation sites (N-methyl/N-ethyl adjacent to an activating group) is 1. The standard InChI is InChI=1S/C28H33N3O8/c1-18(2)25(30-27(36)37-17-20-9-6-5-7-10-20)21-11-8-12-22(15-21)38-28(13-14-29-39-28)26(35)31(4)23(19(3)32)16-24(33)34/h5-12,14-15,18,23,25H,13,16-17H2,1-4H3,(H,30,36)(H,33,34)/t23-,25-,28?/m0/s1. The zero-order valence-corrected chi connectivity index (χ0v) is 22.3. The molecule has 0 fully saturated rings. The van der Waals surface area contributed by atoms with Gasteiger partial charge in [-0.2, -0.15) is 0 Å². The molecule has 1 heterocycles. The highest BCUT2D eigenvalue weighted by Crippen LogP contribution is 2.32. The number of carboxylic acid groups (broad SMARTS) is 1. The summed E-state index contributed by atoms with van der Waals surface area (Å²) in [5.74, 6) is -4.17. The number of ether oxygens (including phenoxy) is 2. The molecular weight excluding hydrogens is 506 g/mol. The highest BCUT2D eigenvalue weighted by Gasteiger charge is 2.50. The predicted molar refractivity (Wildman–Crippen MR) is 141 cm³/mol. The lowest BCUT2D eigenvalue weighted by Gasteiger charge is -2.33. The maximum absolute atomic E-state index is 13.4. The molecule has 208 valence electrons. The van der Waals surface area contributed by atoms with Crippen molar-refractivity contribution in [3.8, 4) is 5.75 Å². The largest absolute Gasteiger partial charge is 0.481 e. The maximum Gasteiger partial charge on any atom is 0.407 e. The molecule has 1 aliphatic rings. The summed E-state index contributed by atoms with van der Waals surface area (Å²) in [4.78, 5) is 55.7. The van der Waals surface area contributed by atoms with Crippen LogP contribution in [0.4, 0.5) is 4.79 Å². The van der Waals surface area contributed by atoms with Crippen LogP contribution in [0.1, 0.15) is 50.8 Å². The van der Waals surface area contributed by atoms with Gasteiger partial charge in [0.2, 0.25) is 0 Å². The Hall–Kier alpha value is -4.41. The van der Waals surface area contributed by atoms with E-state index >= 15 is 0 Å². The number of amides is 2. The van der Waals surface area contributed by atoms with Crippen LogP contribution < -0.4 is 10.1 Å². The van der Waals surface area contributed by atoms with Gasteiger partial charge in [0.05, 0.1) is 25.1 Å². The van der Waals surface area contributed by atoms with Crippen molar-refractivity contribution in [1.82, 2.24) is 10.2 Å². The normalized spacial score (nSPS) is 17.6. The van der Waals surface area contributed by atoms with Crippen molar-refractivity contribution in [3.63, 3.8) is 0 Å². The molecule has 39 heavy (non-hydrogen) atoms. The molecular formula is C28H33N3O8. The van der Waals surface area contributed by atoms with Crippen molar-refractivity contribution >= 4 is 30.0 Å². The summed E-state index contributed by atoms with van der Waals surface area (Å²) < 4.78 is 11.4. The summed E-state index contributed by atoms with van der Waals surface area (Å²) in [6.45, 7) is 5.21. The van der Waals surface area contributed by atoms with Crippen molar-refractivity contribution in [1.29, 1.82) is 0 Å². The molecule has 1 unspecified atom stereocenters. The summed E-state index contributed by atoms with van der Waals surface area (Å²) in [5, 5.41) is 15.8. The number of rotatable bonds is 12. The molecule has 0 saturated heterocycles. The number of nitrogens with one attached hydrogen (secondary N) is 1. The molecule has 3 atom stereocenters. The van der Waals surface area contributed by atoms with Crippen molar-refractivity contribution in [3.05, 3.63) is 65.7 Å². The molecule has 0 spiro atoms. The van der Waals surface area contributed by atoms with Crippen LogP contribution in [0.2, 0.25) is 0 Å². The molecule has 0 saturated carbocycles. The quantitative estimate of drug-likeness (QED) is 0.416. The number of carbonyl (C=O) groups excluding carboxylic acids is 3. The van der Waals surface area contributed by atoms with Gasteiger partial charge in [-0.15, -0.1) is 0 Å². The number of oxime groups is 1. The Bertz CT molecular complexity index is 1210. The Morgan fingerprint density at radius 1 is 1.13 bits per heavy atom. The number of benzene rings is 2. The van der Waals surface area contributed by atoms with E-state index in [0.29, 0.717) is 5.56 Å². The van der Waals surface area contributed by atoms with E-state index in [9.17, 15) is 24.3 Å². The average molecular weight is 540 g/mol. The molecule has 2 N–H and O–H groups in total. The van der Waals surface area contributed by atoms with Crippen LogP contribution in [0.25, 0.3) is 0 Å². The molecule has 11 nitrogen and oxygen atoms in total. The van der Waals surface area contributed by atoms with Gasteiger partial charge in [0, 0.05) is 7.05 Å². The van der Waals surface area contributed by atoms with E-state index in [1.165, 1.54) is 20.2 Å². The van der Waals surface area contributed by atoms with Crippen LogP contribution in [0, 0.1) is 5.92 Å². The van der Waals surface area contributed by atoms with Crippen LogP contribution in [0.15, 0.2) is 59.8 Å². The number of hydrogen-bond donors (Lipinski definition) is 2. The van der Waals surface area contributed by atoms with E-state index in [1.54, 1.807) is 24.3 Å². The first-order chi connectivity index (χ1) is 18.5. The van der Waals surface area contributed by atoms with Gasteiger partial charge in [-0.05, 0) is 36.1 Å². The highest BCUT2D eigenvalue weighted by molar-refractivity contribution is 5.94. The summed E-state index contributed by atoms with van der Waals surface area (Å²) in [5.41, 5.74) is 1.56. The number of hydrogen-bond acceptors (Lipinski definition) is 8. The minimum atomic E-state index is -1.92. The van der Waals surface area contributed by atoms with Gasteiger partial charge in [-0.3, -0.25) is 14.4 Å². The summed E-state index contributed by atoms with van der Waals surface area (Å²) >= 11 is 0. The third kappa shape index (κ3) is 7.56. The minimum Gasteiger partial charge on any atom is -0.481 e. The molecule has 2 amide bonds. The minimum absolute atomic E-state index is 0.0235. The molecule has 0 aliphatic carbocycles. The van der Waals surface area contributed by atoms with Crippen LogP contribution in [-0.4, -0.2) is 58.9 Å². The topological polar surface area (TPSA) is 144 Å². The number of ketones is 1. The number of carboxylic acids is 1. The van der Waals surface area contributed by atoms with Crippen LogP contribution >= 0.6 is 0 Å². The number of Topliss-reactive ketones (excluding diaryl/α,β-unsaturated/α-hetero) is 1. The summed E-state index contributed by atoms with van der Waals surface area (Å²) in [6, 6.07) is 14.5. The van der Waals surface area contributed by atoms with E-state index in [-0.39, 0.29) is 24.7 Å². The maximum atomic E-state index is 13.4. The fourth-order valence-corrected chi connectivity index (χ4v) is 4.16. The van der Waals surface area contributed by atoms with Crippen molar-refractivity contribution in [2.75, 3.05) is 7.05 Å². The Balaban J connectivity index is 1.77. The molecule has 2 aromatic rings. The smallest absolute Gasteiger partial charge is 0.407 e. The molecule has 0 bridgehead atoms. The molecule has 0 aromatic heterocycles. The van der Waals surface area contributed by atoms with Crippen molar-refractivity contribution in [2.45, 2.75) is 58.1 Å². The molecule has 2 aromatic carbocycles. The molecule has 11 heteroatoms. The second-order valence-corrected chi connectivity index (χ2v) is 9.58. The lowest BCUT2D eigenvalue weighted by molar-refractivity contribution is -0.197. The Kier molecular flexibility index (Phi) is 9.64. The van der Waals surface area contributed by atoms with E-state index in [1.807, 2.05) is 44.2 Å². The lowest BCUT2D eigenvalue weighted by atomic mass is 9.96.